The molecule has 0 aliphatic carbocycles. The molecule has 0 aliphatic heterocycles. The standard InChI is InChI=1S/C39H54N6O7S/c1-9-53(51,52)44-31-22-29(37(48)41-27(7)28-13-11-10-12-14-28)21-30(23-31)38(49)42-33(19-24(2)3)34(46)20-26(6)36(47)43-35(25(4)5)39(50)45(8)32-15-17-40-18-16-32/h10-18,21-27,33-35,44,46H,9,19-20H2,1-8H3,(H,41,48)(H,42,49)(H,43,47). The van der Waals surface area contributed by atoms with Gasteiger partial charge in [0.1, 0.15) is 6.04 Å². The van der Waals surface area contributed by atoms with Gasteiger partial charge in [-0.05, 0) is 74.4 Å². The Bertz CT molecular complexity index is 1810. The summed E-state index contributed by atoms with van der Waals surface area (Å²) >= 11 is 0. The number of carbonyl (C=O) groups excluding carboxylic acids is 4. The van der Waals surface area contributed by atoms with Gasteiger partial charge in [0.15, 0.2) is 0 Å². The van der Waals surface area contributed by atoms with Gasteiger partial charge in [0, 0.05) is 42.2 Å². The average Bonchev–Trinajstić information content (AvgIpc) is 3.12. The molecule has 1 heterocycles. The van der Waals surface area contributed by atoms with Gasteiger partial charge in [-0.15, -0.1) is 0 Å². The SMILES string of the molecule is CCS(=O)(=O)Nc1cc(C(=O)NC(C)c2ccccc2)cc(C(=O)NC(CC(C)C)C(O)CC(C)C(=O)NC(C(=O)N(C)c2ccncc2)C(C)C)c1. The van der Waals surface area contributed by atoms with Crippen molar-refractivity contribution in [2.75, 3.05) is 22.4 Å². The van der Waals surface area contributed by atoms with Crippen LogP contribution < -0.4 is 25.6 Å². The van der Waals surface area contributed by atoms with Crippen LogP contribution in [0.25, 0.3) is 0 Å². The fraction of sp³-hybridized carbons (Fsp3) is 0.462. The fourth-order valence-electron chi connectivity index (χ4n) is 5.72. The fourth-order valence-corrected chi connectivity index (χ4v) is 6.34. The summed E-state index contributed by atoms with van der Waals surface area (Å²) in [5.74, 6) is -3.03. The molecule has 0 saturated carbocycles. The zero-order chi connectivity index (χ0) is 39.5. The lowest BCUT2D eigenvalue weighted by atomic mass is 9.91. The van der Waals surface area contributed by atoms with Crippen LogP contribution in [0, 0.1) is 17.8 Å². The number of likely N-dealkylation sites (N-methyl/N-ethyl adjacent to an activating group) is 1. The molecule has 14 heteroatoms. The number of sulfonamides is 1. The Morgan fingerprint density at radius 2 is 1.40 bits per heavy atom. The summed E-state index contributed by atoms with van der Waals surface area (Å²) in [6, 6.07) is 14.7. The number of carbonyl (C=O) groups is 4. The molecule has 5 unspecified atom stereocenters. The summed E-state index contributed by atoms with van der Waals surface area (Å²) in [6.45, 7) is 12.4. The number of aromatic nitrogens is 1. The van der Waals surface area contributed by atoms with Crippen LogP contribution in [0.4, 0.5) is 11.4 Å². The third kappa shape index (κ3) is 12.7. The van der Waals surface area contributed by atoms with Crippen LogP contribution in [-0.4, -0.2) is 73.1 Å². The maximum Gasteiger partial charge on any atom is 0.251 e. The molecule has 0 radical (unpaired) electrons. The molecule has 0 aliphatic rings. The van der Waals surface area contributed by atoms with E-state index in [4.69, 9.17) is 0 Å². The molecule has 1 aromatic heterocycles. The highest BCUT2D eigenvalue weighted by atomic mass is 32.2. The van der Waals surface area contributed by atoms with Crippen LogP contribution in [0.1, 0.15) is 93.6 Å². The molecule has 3 aromatic rings. The van der Waals surface area contributed by atoms with Gasteiger partial charge in [-0.1, -0.05) is 65.0 Å². The second-order valence-corrected chi connectivity index (χ2v) is 16.2. The smallest absolute Gasteiger partial charge is 0.251 e. The van der Waals surface area contributed by atoms with Gasteiger partial charge < -0.3 is 26.0 Å². The Kier molecular flexibility index (Phi) is 15.5. The van der Waals surface area contributed by atoms with Crippen LogP contribution in [-0.2, 0) is 19.6 Å². The molecule has 13 nitrogen and oxygen atoms in total. The minimum atomic E-state index is -3.75. The zero-order valence-corrected chi connectivity index (χ0v) is 32.6. The Morgan fingerprint density at radius 1 is 0.811 bits per heavy atom. The van der Waals surface area contributed by atoms with E-state index in [1.165, 1.54) is 30.0 Å². The molecule has 0 fully saturated rings. The van der Waals surface area contributed by atoms with E-state index in [-0.39, 0.29) is 52.8 Å². The highest BCUT2D eigenvalue weighted by Crippen LogP contribution is 2.22. The van der Waals surface area contributed by atoms with Crippen LogP contribution >= 0.6 is 0 Å². The summed E-state index contributed by atoms with van der Waals surface area (Å²) in [4.78, 5) is 59.4. The number of benzene rings is 2. The van der Waals surface area contributed by atoms with E-state index in [1.807, 2.05) is 65.0 Å². The number of aliphatic hydroxyl groups excluding tert-OH is 1. The molecule has 3 rings (SSSR count). The Balaban J connectivity index is 1.80. The summed E-state index contributed by atoms with van der Waals surface area (Å²) in [6.07, 6.45) is 2.32. The maximum atomic E-state index is 13.8. The van der Waals surface area contributed by atoms with Gasteiger partial charge in [0.05, 0.1) is 29.6 Å². The lowest BCUT2D eigenvalue weighted by Crippen LogP contribution is -2.52. The first-order chi connectivity index (χ1) is 24.9. The summed E-state index contributed by atoms with van der Waals surface area (Å²) in [5.41, 5.74) is 1.58. The van der Waals surface area contributed by atoms with Crippen molar-refractivity contribution in [3.05, 3.63) is 89.7 Å². The van der Waals surface area contributed by atoms with Crippen LogP contribution in [0.15, 0.2) is 73.1 Å². The lowest BCUT2D eigenvalue weighted by Gasteiger charge is -2.30. The summed E-state index contributed by atoms with van der Waals surface area (Å²) < 4.78 is 27.4. The number of hydrogen-bond donors (Lipinski definition) is 5. The molecule has 288 valence electrons. The van der Waals surface area contributed by atoms with Crippen LogP contribution in [0.3, 0.4) is 0 Å². The molecule has 5 atom stereocenters. The summed E-state index contributed by atoms with van der Waals surface area (Å²) in [7, 11) is -2.13. The highest BCUT2D eigenvalue weighted by molar-refractivity contribution is 7.92. The second kappa shape index (κ2) is 19.3. The van der Waals surface area contributed by atoms with Crippen molar-refractivity contribution in [3.8, 4) is 0 Å². The number of aliphatic hydroxyl groups is 1. The van der Waals surface area contributed by atoms with Crippen molar-refractivity contribution in [2.45, 2.75) is 85.5 Å². The number of rotatable bonds is 18. The minimum Gasteiger partial charge on any atom is -0.391 e. The van der Waals surface area contributed by atoms with Crippen LogP contribution in [0.5, 0.6) is 0 Å². The number of nitrogens with one attached hydrogen (secondary N) is 4. The number of anilines is 2. The van der Waals surface area contributed by atoms with Crippen molar-refractivity contribution < 1.29 is 32.7 Å². The normalized spacial score (nSPS) is 14.4. The molecule has 4 amide bonds. The molecule has 0 saturated heterocycles. The zero-order valence-electron chi connectivity index (χ0n) is 31.8. The first-order valence-electron chi connectivity index (χ1n) is 17.9. The number of amides is 4. The number of hydrogen-bond acceptors (Lipinski definition) is 8. The lowest BCUT2D eigenvalue weighted by molar-refractivity contribution is -0.131. The molecular formula is C39H54N6O7S. The molecular weight excluding hydrogens is 697 g/mol. The van der Waals surface area contributed by atoms with E-state index in [0.29, 0.717) is 12.1 Å². The molecule has 53 heavy (non-hydrogen) atoms. The van der Waals surface area contributed by atoms with Crippen molar-refractivity contribution in [1.29, 1.82) is 0 Å². The highest BCUT2D eigenvalue weighted by Gasteiger charge is 2.32. The quantitative estimate of drug-likeness (QED) is 0.124. The van der Waals surface area contributed by atoms with Gasteiger partial charge in [-0.25, -0.2) is 8.42 Å². The molecule has 2 aromatic carbocycles. The van der Waals surface area contributed by atoms with Crippen molar-refractivity contribution in [2.24, 2.45) is 17.8 Å². The average molecular weight is 751 g/mol. The Morgan fingerprint density at radius 3 is 1.94 bits per heavy atom. The van der Waals surface area contributed by atoms with Gasteiger partial charge in [-0.3, -0.25) is 28.9 Å². The third-order valence-corrected chi connectivity index (χ3v) is 10.2. The first kappa shape index (κ1) is 42.6. The van der Waals surface area contributed by atoms with E-state index >= 15 is 0 Å². The maximum absolute atomic E-state index is 13.8. The van der Waals surface area contributed by atoms with E-state index in [2.05, 4.69) is 25.7 Å². The summed E-state index contributed by atoms with van der Waals surface area (Å²) in [5, 5.41) is 20.0. The first-order valence-corrected chi connectivity index (χ1v) is 19.6. The minimum absolute atomic E-state index is 0.00201. The monoisotopic (exact) mass is 750 g/mol. The largest absolute Gasteiger partial charge is 0.391 e. The Labute approximate surface area is 313 Å². The van der Waals surface area contributed by atoms with Crippen LogP contribution in [0.2, 0.25) is 0 Å². The Hall–Kier alpha value is -4.82. The number of pyridine rings is 1. The van der Waals surface area contributed by atoms with Gasteiger partial charge in [0.2, 0.25) is 21.8 Å². The molecule has 0 spiro atoms. The van der Waals surface area contributed by atoms with E-state index in [0.717, 1.165) is 5.56 Å². The van der Waals surface area contributed by atoms with Crippen molar-refractivity contribution in [3.63, 3.8) is 0 Å². The predicted molar refractivity (Wildman–Crippen MR) is 207 cm³/mol. The second-order valence-electron chi connectivity index (χ2n) is 14.2. The van der Waals surface area contributed by atoms with Gasteiger partial charge in [-0.2, -0.15) is 0 Å². The van der Waals surface area contributed by atoms with Crippen molar-refractivity contribution >= 4 is 45.0 Å². The van der Waals surface area contributed by atoms with E-state index in [9.17, 15) is 32.7 Å². The molecule has 5 N–H and O–H groups in total. The topological polar surface area (TPSA) is 187 Å². The third-order valence-electron chi connectivity index (χ3n) is 8.92. The van der Waals surface area contributed by atoms with Crippen molar-refractivity contribution in [1.82, 2.24) is 20.9 Å². The van der Waals surface area contributed by atoms with E-state index in [1.54, 1.807) is 38.5 Å². The van der Waals surface area contributed by atoms with E-state index < -0.39 is 51.9 Å². The predicted octanol–water partition coefficient (Wildman–Crippen LogP) is 4.67. The van der Waals surface area contributed by atoms with Gasteiger partial charge in [0.25, 0.3) is 11.8 Å². The van der Waals surface area contributed by atoms with Gasteiger partial charge >= 0.3 is 0 Å². The number of nitrogens with zero attached hydrogens (tertiary/aromatic N) is 2. The molecule has 0 bridgehead atoms.